The lowest BCUT2D eigenvalue weighted by atomic mass is 10.4. The van der Waals surface area contributed by atoms with Crippen LogP contribution in [0.5, 0.6) is 0 Å². The van der Waals surface area contributed by atoms with Gasteiger partial charge >= 0.3 is 5.84 Å². The number of pyridine rings is 1. The number of carbonyl (C=O) groups excluding carboxylic acids is 1. The summed E-state index contributed by atoms with van der Waals surface area (Å²) < 4.78 is 1.45. The predicted octanol–water partition coefficient (Wildman–Crippen LogP) is 0.199. The normalized spacial score (nSPS) is 11.2. The SMILES string of the molecule is CC(=O)/C(=N/O)[n+]1ccccc1. The molecule has 1 rings (SSSR count). The highest BCUT2D eigenvalue weighted by Crippen LogP contribution is 1.80. The van der Waals surface area contributed by atoms with Crippen LogP contribution in [0.15, 0.2) is 35.7 Å². The topological polar surface area (TPSA) is 53.5 Å². The van der Waals surface area contributed by atoms with Crippen molar-refractivity contribution in [1.82, 2.24) is 0 Å². The zero-order valence-electron chi connectivity index (χ0n) is 6.64. The Labute approximate surface area is 69.8 Å². The second kappa shape index (κ2) is 3.61. The summed E-state index contributed by atoms with van der Waals surface area (Å²) in [6.07, 6.45) is 3.27. The fourth-order valence-corrected chi connectivity index (χ4v) is 0.844. The van der Waals surface area contributed by atoms with Crippen molar-refractivity contribution in [2.75, 3.05) is 0 Å². The quantitative estimate of drug-likeness (QED) is 0.212. The second-order valence-electron chi connectivity index (χ2n) is 2.26. The van der Waals surface area contributed by atoms with Crippen molar-refractivity contribution in [2.24, 2.45) is 5.16 Å². The fraction of sp³-hybridized carbons (Fsp3) is 0.125. The Bertz CT molecular complexity index is 306. The van der Waals surface area contributed by atoms with Gasteiger partial charge in [0.15, 0.2) is 5.16 Å². The molecule has 0 aromatic carbocycles. The monoisotopic (exact) mass is 165 g/mol. The van der Waals surface area contributed by atoms with Crippen LogP contribution in [0.4, 0.5) is 0 Å². The van der Waals surface area contributed by atoms with Crippen LogP contribution in [0.1, 0.15) is 6.92 Å². The smallest absolute Gasteiger partial charge is 0.313 e. The standard InChI is InChI=1S/C8H8N2O2/c1-7(11)8(9-12)10-5-3-2-4-6-10/h2-6H,1H3/p+1. The summed E-state index contributed by atoms with van der Waals surface area (Å²) in [4.78, 5) is 10.9. The average molecular weight is 165 g/mol. The van der Waals surface area contributed by atoms with Crippen LogP contribution >= 0.6 is 0 Å². The molecular weight excluding hydrogens is 156 g/mol. The van der Waals surface area contributed by atoms with Gasteiger partial charge in [-0.2, -0.15) is 4.57 Å². The van der Waals surface area contributed by atoms with Crippen molar-refractivity contribution in [3.05, 3.63) is 30.6 Å². The molecular formula is C8H9N2O2+. The van der Waals surface area contributed by atoms with E-state index in [1.54, 1.807) is 24.5 Å². The number of oxime groups is 1. The Kier molecular flexibility index (Phi) is 2.53. The van der Waals surface area contributed by atoms with E-state index in [9.17, 15) is 4.79 Å². The van der Waals surface area contributed by atoms with Crippen LogP contribution < -0.4 is 4.57 Å². The van der Waals surface area contributed by atoms with Crippen LogP contribution in [0.2, 0.25) is 0 Å². The highest BCUT2D eigenvalue weighted by molar-refractivity contribution is 6.33. The van der Waals surface area contributed by atoms with E-state index in [-0.39, 0.29) is 11.6 Å². The Balaban J connectivity index is 3.05. The molecule has 0 unspecified atom stereocenters. The number of hydrogen-bond donors (Lipinski definition) is 1. The lowest BCUT2D eigenvalue weighted by Gasteiger charge is -1.92. The molecule has 4 heteroatoms. The predicted molar refractivity (Wildman–Crippen MR) is 41.9 cm³/mol. The van der Waals surface area contributed by atoms with Crippen molar-refractivity contribution in [3.8, 4) is 0 Å². The van der Waals surface area contributed by atoms with Crippen molar-refractivity contribution in [1.29, 1.82) is 0 Å². The Morgan fingerprint density at radius 3 is 2.33 bits per heavy atom. The third-order valence-electron chi connectivity index (χ3n) is 1.37. The van der Waals surface area contributed by atoms with Crippen molar-refractivity contribution >= 4 is 11.6 Å². The molecule has 0 atom stereocenters. The minimum atomic E-state index is -0.284. The molecule has 1 aromatic heterocycles. The highest BCUT2D eigenvalue weighted by Gasteiger charge is 2.17. The Morgan fingerprint density at radius 1 is 1.33 bits per heavy atom. The first kappa shape index (κ1) is 8.39. The third kappa shape index (κ3) is 1.66. The first-order valence-electron chi connectivity index (χ1n) is 3.45. The average Bonchev–Trinajstić information content (AvgIpc) is 2.07. The van der Waals surface area contributed by atoms with Crippen molar-refractivity contribution in [2.45, 2.75) is 6.92 Å². The molecule has 0 saturated carbocycles. The van der Waals surface area contributed by atoms with E-state index in [4.69, 9.17) is 5.21 Å². The van der Waals surface area contributed by atoms with Gasteiger partial charge in [-0.15, -0.1) is 0 Å². The summed E-state index contributed by atoms with van der Waals surface area (Å²) in [5.41, 5.74) is 0. The Hall–Kier alpha value is -1.71. The van der Waals surface area contributed by atoms with Crippen LogP contribution in [0.25, 0.3) is 0 Å². The van der Waals surface area contributed by atoms with E-state index in [0.717, 1.165) is 0 Å². The number of nitrogens with zero attached hydrogens (tertiary/aromatic N) is 2. The first-order chi connectivity index (χ1) is 5.75. The van der Waals surface area contributed by atoms with Crippen LogP contribution in [-0.4, -0.2) is 16.8 Å². The maximum atomic E-state index is 10.9. The fourth-order valence-electron chi connectivity index (χ4n) is 0.844. The molecule has 0 aliphatic rings. The van der Waals surface area contributed by atoms with E-state index < -0.39 is 0 Å². The minimum absolute atomic E-state index is 0.00981. The lowest BCUT2D eigenvalue weighted by Crippen LogP contribution is -2.46. The van der Waals surface area contributed by atoms with Gasteiger partial charge in [-0.3, -0.25) is 4.79 Å². The molecule has 12 heavy (non-hydrogen) atoms. The molecule has 0 saturated heterocycles. The molecule has 0 spiro atoms. The van der Waals surface area contributed by atoms with Gasteiger partial charge in [0.05, 0.1) is 12.4 Å². The van der Waals surface area contributed by atoms with Gasteiger partial charge in [-0.25, -0.2) is 0 Å². The van der Waals surface area contributed by atoms with Crippen LogP contribution in [-0.2, 0) is 4.79 Å². The number of hydrogen-bond acceptors (Lipinski definition) is 3. The number of carbonyl (C=O) groups is 1. The van der Waals surface area contributed by atoms with E-state index in [1.807, 2.05) is 6.07 Å². The molecule has 0 bridgehead atoms. The molecule has 62 valence electrons. The van der Waals surface area contributed by atoms with Crippen molar-refractivity contribution < 1.29 is 14.6 Å². The summed E-state index contributed by atoms with van der Waals surface area (Å²) in [5.74, 6) is -0.274. The zero-order chi connectivity index (χ0) is 8.97. The summed E-state index contributed by atoms with van der Waals surface area (Å²) in [5, 5.41) is 11.4. The maximum absolute atomic E-state index is 10.9. The van der Waals surface area contributed by atoms with E-state index in [0.29, 0.717) is 0 Å². The second-order valence-corrected chi connectivity index (χ2v) is 2.26. The first-order valence-corrected chi connectivity index (χ1v) is 3.45. The van der Waals surface area contributed by atoms with E-state index >= 15 is 0 Å². The molecule has 0 aliphatic carbocycles. The number of Topliss-reactive ketones (excluding diaryl/α,β-unsaturated/α-hetero) is 1. The van der Waals surface area contributed by atoms with Gasteiger partial charge in [0.1, 0.15) is 0 Å². The van der Waals surface area contributed by atoms with Gasteiger partial charge < -0.3 is 5.21 Å². The lowest BCUT2D eigenvalue weighted by molar-refractivity contribution is -0.554. The molecule has 0 fully saturated rings. The third-order valence-corrected chi connectivity index (χ3v) is 1.37. The molecule has 0 radical (unpaired) electrons. The van der Waals surface area contributed by atoms with Crippen molar-refractivity contribution in [3.63, 3.8) is 0 Å². The Morgan fingerprint density at radius 2 is 1.92 bits per heavy atom. The van der Waals surface area contributed by atoms with Gasteiger partial charge in [0, 0.05) is 6.92 Å². The largest absolute Gasteiger partial charge is 0.416 e. The molecule has 1 N–H and O–H groups in total. The van der Waals surface area contributed by atoms with E-state index in [1.165, 1.54) is 11.5 Å². The number of aromatic nitrogens is 1. The molecule has 1 heterocycles. The summed E-state index contributed by atoms with van der Waals surface area (Å²) >= 11 is 0. The zero-order valence-corrected chi connectivity index (χ0v) is 6.64. The minimum Gasteiger partial charge on any atom is -0.313 e. The molecule has 0 aliphatic heterocycles. The number of rotatable bonds is 1. The van der Waals surface area contributed by atoms with Crippen LogP contribution in [0.3, 0.4) is 0 Å². The molecule has 4 nitrogen and oxygen atoms in total. The summed E-state index contributed by atoms with van der Waals surface area (Å²) in [6.45, 7) is 1.34. The molecule has 1 aromatic rings. The van der Waals surface area contributed by atoms with Gasteiger partial charge in [-0.1, -0.05) is 6.07 Å². The molecule has 0 amide bonds. The number of ketones is 1. The van der Waals surface area contributed by atoms with Crippen LogP contribution in [0, 0.1) is 0 Å². The maximum Gasteiger partial charge on any atom is 0.416 e. The van der Waals surface area contributed by atoms with Gasteiger partial charge in [0.25, 0.3) is 0 Å². The summed E-state index contributed by atoms with van der Waals surface area (Å²) in [7, 11) is 0. The van der Waals surface area contributed by atoms with Gasteiger partial charge in [0.2, 0.25) is 5.78 Å². The van der Waals surface area contributed by atoms with E-state index in [2.05, 4.69) is 5.16 Å². The highest BCUT2D eigenvalue weighted by atomic mass is 16.4. The van der Waals surface area contributed by atoms with Gasteiger partial charge in [-0.05, 0) is 12.1 Å². The summed E-state index contributed by atoms with van der Waals surface area (Å²) in [6, 6.07) is 5.30.